The number of benzene rings is 1. The Kier molecular flexibility index (Phi) is 7.02. The fraction of sp³-hybridized carbons (Fsp3) is 0.429. The third-order valence-corrected chi connectivity index (χ3v) is 3.22. The molecule has 0 aromatic heterocycles. The third kappa shape index (κ3) is 6.27. The van der Waals surface area contributed by atoms with E-state index in [4.69, 9.17) is 16.7 Å². The van der Waals surface area contributed by atoms with Crippen molar-refractivity contribution in [2.45, 2.75) is 20.1 Å². The Balaban J connectivity index is 2.68. The van der Waals surface area contributed by atoms with Crippen LogP contribution in [0.15, 0.2) is 18.2 Å². The van der Waals surface area contributed by atoms with Crippen LogP contribution in [-0.2, 0) is 11.3 Å². The number of carbonyl (C=O) groups is 2. The zero-order valence-electron chi connectivity index (χ0n) is 12.6. The predicted molar refractivity (Wildman–Crippen MR) is 79.7 cm³/mol. The van der Waals surface area contributed by atoms with Crippen molar-refractivity contribution in [2.24, 2.45) is 5.92 Å². The second kappa shape index (κ2) is 8.52. The first-order chi connectivity index (χ1) is 10.7. The lowest BCUT2D eigenvalue weighted by molar-refractivity contribution is -0.141. The topological polar surface area (TPSA) is 78.9 Å². The van der Waals surface area contributed by atoms with Crippen LogP contribution in [0.4, 0.5) is 13.6 Å². The van der Waals surface area contributed by atoms with Crippen molar-refractivity contribution in [3.8, 4) is 5.75 Å². The van der Waals surface area contributed by atoms with Crippen molar-refractivity contribution < 1.29 is 28.2 Å². The summed E-state index contributed by atoms with van der Waals surface area (Å²) in [7, 11) is 1.43. The summed E-state index contributed by atoms with van der Waals surface area (Å²) in [6, 6.07) is 3.54. The molecule has 1 aromatic carbocycles. The zero-order valence-corrected chi connectivity index (χ0v) is 13.3. The molecule has 0 saturated heterocycles. The van der Waals surface area contributed by atoms with E-state index in [0.717, 1.165) is 0 Å². The highest BCUT2D eigenvalue weighted by Crippen LogP contribution is 2.24. The molecular weight excluding hydrogens is 334 g/mol. The number of amides is 2. The predicted octanol–water partition coefficient (Wildman–Crippen LogP) is 2.80. The van der Waals surface area contributed by atoms with Crippen LogP contribution in [-0.4, -0.2) is 42.2 Å². The molecule has 2 N–H and O–H groups in total. The number of ether oxygens (including phenoxy) is 1. The minimum atomic E-state index is -3.00. The fourth-order valence-electron chi connectivity index (χ4n) is 1.77. The lowest BCUT2D eigenvalue weighted by Gasteiger charge is -2.20. The Morgan fingerprint density at radius 3 is 2.65 bits per heavy atom. The van der Waals surface area contributed by atoms with Gasteiger partial charge in [-0.3, -0.25) is 4.79 Å². The molecule has 0 aliphatic heterocycles. The first-order valence-electron chi connectivity index (χ1n) is 6.65. The van der Waals surface area contributed by atoms with Gasteiger partial charge in [0.2, 0.25) is 0 Å². The number of nitrogens with one attached hydrogen (secondary N) is 1. The minimum absolute atomic E-state index is 0.0110. The standard InChI is InChI=1S/C14H17ClF2N2O4/c1-8(12(20)21)7-19(2)14(22)18-6-9-5-10(15)3-4-11(9)23-13(16)17/h3-5,8,13H,6-7H2,1-2H3,(H,18,22)(H,20,21). The number of alkyl halides is 2. The Morgan fingerprint density at radius 1 is 1.43 bits per heavy atom. The van der Waals surface area contributed by atoms with E-state index < -0.39 is 24.5 Å². The second-order valence-electron chi connectivity index (χ2n) is 4.91. The van der Waals surface area contributed by atoms with Crippen LogP contribution in [0.1, 0.15) is 12.5 Å². The van der Waals surface area contributed by atoms with Crippen LogP contribution in [0, 0.1) is 5.92 Å². The zero-order chi connectivity index (χ0) is 17.6. The summed E-state index contributed by atoms with van der Waals surface area (Å²) in [4.78, 5) is 23.8. The summed E-state index contributed by atoms with van der Waals surface area (Å²) in [5.74, 6) is -1.84. The first-order valence-corrected chi connectivity index (χ1v) is 7.03. The molecule has 9 heteroatoms. The van der Waals surface area contributed by atoms with Gasteiger partial charge < -0.3 is 20.1 Å². The smallest absolute Gasteiger partial charge is 0.387 e. The Morgan fingerprint density at radius 2 is 2.09 bits per heavy atom. The van der Waals surface area contributed by atoms with E-state index >= 15 is 0 Å². The summed E-state index contributed by atoms with van der Waals surface area (Å²) in [6.07, 6.45) is 0. The largest absolute Gasteiger partial charge is 0.481 e. The third-order valence-electron chi connectivity index (χ3n) is 2.98. The summed E-state index contributed by atoms with van der Waals surface area (Å²) in [5.41, 5.74) is 0.283. The maximum Gasteiger partial charge on any atom is 0.387 e. The molecule has 6 nitrogen and oxygen atoms in total. The van der Waals surface area contributed by atoms with E-state index in [9.17, 15) is 18.4 Å². The van der Waals surface area contributed by atoms with Gasteiger partial charge in [-0.1, -0.05) is 18.5 Å². The van der Waals surface area contributed by atoms with Gasteiger partial charge in [0.1, 0.15) is 5.75 Å². The van der Waals surface area contributed by atoms with Crippen LogP contribution in [0.2, 0.25) is 5.02 Å². The van der Waals surface area contributed by atoms with E-state index in [1.54, 1.807) is 0 Å². The highest BCUT2D eigenvalue weighted by molar-refractivity contribution is 6.30. The normalized spacial score (nSPS) is 11.9. The average molecular weight is 351 g/mol. The quantitative estimate of drug-likeness (QED) is 0.792. The number of urea groups is 1. The van der Waals surface area contributed by atoms with Crippen molar-refractivity contribution in [3.63, 3.8) is 0 Å². The molecule has 0 saturated carbocycles. The molecule has 1 atom stereocenters. The van der Waals surface area contributed by atoms with Crippen LogP contribution < -0.4 is 10.1 Å². The van der Waals surface area contributed by atoms with Gasteiger partial charge in [-0.25, -0.2) is 4.79 Å². The molecular formula is C14H17ClF2N2O4. The maximum absolute atomic E-state index is 12.3. The maximum atomic E-state index is 12.3. The Labute approximate surface area is 137 Å². The molecule has 0 aliphatic carbocycles. The highest BCUT2D eigenvalue weighted by atomic mass is 35.5. The van der Waals surface area contributed by atoms with Gasteiger partial charge in [-0.05, 0) is 18.2 Å². The average Bonchev–Trinajstić information content (AvgIpc) is 2.46. The van der Waals surface area contributed by atoms with Crippen LogP contribution in [0.3, 0.4) is 0 Å². The number of aliphatic carboxylic acids is 1. The van der Waals surface area contributed by atoms with Crippen molar-refractivity contribution in [1.82, 2.24) is 10.2 Å². The van der Waals surface area contributed by atoms with E-state index in [2.05, 4.69) is 10.1 Å². The molecule has 128 valence electrons. The van der Waals surface area contributed by atoms with Crippen LogP contribution in [0.25, 0.3) is 0 Å². The number of hydrogen-bond donors (Lipinski definition) is 2. The van der Waals surface area contributed by atoms with Crippen molar-refractivity contribution in [3.05, 3.63) is 28.8 Å². The molecule has 0 aliphatic rings. The van der Waals surface area contributed by atoms with Gasteiger partial charge in [0.25, 0.3) is 0 Å². The van der Waals surface area contributed by atoms with Gasteiger partial charge in [0.15, 0.2) is 0 Å². The van der Waals surface area contributed by atoms with Crippen molar-refractivity contribution in [2.75, 3.05) is 13.6 Å². The van der Waals surface area contributed by atoms with Gasteiger partial charge in [0, 0.05) is 30.7 Å². The molecule has 0 heterocycles. The molecule has 2 amide bonds. The summed E-state index contributed by atoms with van der Waals surface area (Å²) < 4.78 is 29.0. The molecule has 0 radical (unpaired) electrons. The number of carbonyl (C=O) groups excluding carboxylic acids is 1. The summed E-state index contributed by atoms with van der Waals surface area (Å²) in [6.45, 7) is -1.60. The Hall–Kier alpha value is -2.09. The van der Waals surface area contributed by atoms with Crippen molar-refractivity contribution in [1.29, 1.82) is 0 Å². The van der Waals surface area contributed by atoms with Crippen LogP contribution in [0.5, 0.6) is 5.75 Å². The lowest BCUT2D eigenvalue weighted by Crippen LogP contribution is -2.40. The van der Waals surface area contributed by atoms with Crippen LogP contribution >= 0.6 is 11.6 Å². The Bertz CT molecular complexity index is 572. The minimum Gasteiger partial charge on any atom is -0.481 e. The summed E-state index contributed by atoms with van der Waals surface area (Å²) in [5, 5.41) is 11.6. The molecule has 1 aromatic rings. The van der Waals surface area contributed by atoms with Gasteiger partial charge in [-0.2, -0.15) is 8.78 Å². The number of nitrogens with zero attached hydrogens (tertiary/aromatic N) is 1. The van der Waals surface area contributed by atoms with Crippen molar-refractivity contribution >= 4 is 23.6 Å². The van der Waals surface area contributed by atoms with Gasteiger partial charge in [0.05, 0.1) is 5.92 Å². The van der Waals surface area contributed by atoms with E-state index in [1.165, 1.54) is 37.1 Å². The molecule has 1 rings (SSSR count). The molecule has 0 spiro atoms. The first kappa shape index (κ1) is 19.0. The number of carboxylic acids is 1. The van der Waals surface area contributed by atoms with E-state index in [0.29, 0.717) is 5.02 Å². The summed E-state index contributed by atoms with van der Waals surface area (Å²) >= 11 is 5.80. The number of hydrogen-bond acceptors (Lipinski definition) is 3. The number of carboxylic acid groups (broad SMARTS) is 1. The van der Waals surface area contributed by atoms with Gasteiger partial charge in [-0.15, -0.1) is 0 Å². The lowest BCUT2D eigenvalue weighted by atomic mass is 10.2. The SMILES string of the molecule is CC(CN(C)C(=O)NCc1cc(Cl)ccc1OC(F)F)C(=O)O. The van der Waals surface area contributed by atoms with E-state index in [-0.39, 0.29) is 24.4 Å². The molecule has 0 bridgehead atoms. The van der Waals surface area contributed by atoms with E-state index in [1.807, 2.05) is 0 Å². The second-order valence-corrected chi connectivity index (χ2v) is 5.35. The molecule has 1 unspecified atom stereocenters. The number of halogens is 3. The highest BCUT2D eigenvalue weighted by Gasteiger charge is 2.18. The number of rotatable bonds is 7. The van der Waals surface area contributed by atoms with Gasteiger partial charge >= 0.3 is 18.6 Å². The fourth-order valence-corrected chi connectivity index (χ4v) is 1.97. The molecule has 23 heavy (non-hydrogen) atoms. The monoisotopic (exact) mass is 350 g/mol. The molecule has 0 fully saturated rings.